The molecular formula is C23H28N4O3S. The zero-order valence-electron chi connectivity index (χ0n) is 18.6. The number of unbranched alkanes of at least 4 members (excludes halogenated alkanes) is 1. The van der Waals surface area contributed by atoms with Crippen molar-refractivity contribution in [2.45, 2.75) is 44.9 Å². The van der Waals surface area contributed by atoms with Crippen molar-refractivity contribution in [3.05, 3.63) is 61.9 Å². The van der Waals surface area contributed by atoms with Crippen LogP contribution in [0.3, 0.4) is 0 Å². The Hall–Kier alpha value is -2.87. The first-order chi connectivity index (χ1) is 14.7. The molecule has 2 heterocycles. The van der Waals surface area contributed by atoms with E-state index in [9.17, 15) is 14.4 Å². The minimum atomic E-state index is -0.421. The molecule has 1 N–H and O–H groups in total. The molecule has 0 aliphatic carbocycles. The van der Waals surface area contributed by atoms with Crippen LogP contribution in [-0.2, 0) is 25.3 Å². The summed E-state index contributed by atoms with van der Waals surface area (Å²) in [5.41, 5.74) is 3.37. The van der Waals surface area contributed by atoms with Crippen molar-refractivity contribution in [3.63, 3.8) is 0 Å². The van der Waals surface area contributed by atoms with Crippen LogP contribution in [0.2, 0.25) is 0 Å². The van der Waals surface area contributed by atoms with Gasteiger partial charge in [-0.05, 0) is 55.5 Å². The lowest BCUT2D eigenvalue weighted by atomic mass is 10.1. The number of amides is 1. The van der Waals surface area contributed by atoms with E-state index in [-0.39, 0.29) is 17.2 Å². The highest BCUT2D eigenvalue weighted by atomic mass is 32.2. The van der Waals surface area contributed by atoms with Gasteiger partial charge in [0.1, 0.15) is 5.65 Å². The van der Waals surface area contributed by atoms with Gasteiger partial charge in [-0.2, -0.15) is 0 Å². The van der Waals surface area contributed by atoms with Crippen molar-refractivity contribution in [2.24, 2.45) is 14.1 Å². The van der Waals surface area contributed by atoms with Crippen LogP contribution in [0.5, 0.6) is 0 Å². The molecule has 3 rings (SSSR count). The molecular weight excluding hydrogens is 412 g/mol. The summed E-state index contributed by atoms with van der Waals surface area (Å²) in [6.07, 6.45) is 4.43. The highest BCUT2D eigenvalue weighted by molar-refractivity contribution is 8.00. The highest BCUT2D eigenvalue weighted by Crippen LogP contribution is 2.29. The predicted molar refractivity (Wildman–Crippen MR) is 126 cm³/mol. The Morgan fingerprint density at radius 1 is 1.10 bits per heavy atom. The third-order valence-corrected chi connectivity index (χ3v) is 6.31. The van der Waals surface area contributed by atoms with Crippen molar-refractivity contribution in [2.75, 3.05) is 11.1 Å². The second-order valence-electron chi connectivity index (χ2n) is 7.83. The second-order valence-corrected chi connectivity index (χ2v) is 8.82. The van der Waals surface area contributed by atoms with Gasteiger partial charge in [-0.15, -0.1) is 11.8 Å². The maximum absolute atomic E-state index is 13.0. The lowest BCUT2D eigenvalue weighted by Gasteiger charge is -2.14. The average Bonchev–Trinajstić information content (AvgIpc) is 2.72. The number of hydrogen-bond acceptors (Lipinski definition) is 5. The van der Waals surface area contributed by atoms with E-state index in [1.807, 2.05) is 32.0 Å². The van der Waals surface area contributed by atoms with Crippen LogP contribution in [0.15, 0.2) is 38.9 Å². The normalized spacial score (nSPS) is 11.1. The number of aryl methyl sites for hydroxylation is 4. The smallest absolute Gasteiger partial charge is 0.325 e. The van der Waals surface area contributed by atoms with Gasteiger partial charge >= 0.3 is 5.69 Å². The van der Waals surface area contributed by atoms with Gasteiger partial charge in [0.05, 0.1) is 11.1 Å². The number of nitrogens with one attached hydrogen (secondary N) is 1. The molecule has 0 unspecified atom stereocenters. The van der Waals surface area contributed by atoms with Gasteiger partial charge in [-0.25, -0.2) is 9.78 Å². The van der Waals surface area contributed by atoms with E-state index in [0.29, 0.717) is 11.0 Å². The number of nitrogens with zero attached hydrogens (tertiary/aromatic N) is 3. The van der Waals surface area contributed by atoms with E-state index in [0.717, 1.165) is 51.1 Å². The van der Waals surface area contributed by atoms with Crippen LogP contribution in [0.25, 0.3) is 11.0 Å². The minimum Gasteiger partial charge on any atom is -0.325 e. The SMILES string of the molecule is CCCCc1cnc2c(c1SCC(=O)Nc1cc(C)cc(C)c1)c(=O)n(C)c(=O)n2C. The number of anilines is 1. The third-order valence-electron chi connectivity index (χ3n) is 5.15. The molecule has 0 aliphatic rings. The molecule has 3 aromatic rings. The summed E-state index contributed by atoms with van der Waals surface area (Å²) in [6, 6.07) is 5.90. The molecule has 1 amide bonds. The number of carbonyl (C=O) groups is 1. The molecule has 0 aliphatic heterocycles. The van der Waals surface area contributed by atoms with Gasteiger partial charge in [-0.1, -0.05) is 19.4 Å². The second kappa shape index (κ2) is 9.51. The molecule has 0 fully saturated rings. The summed E-state index contributed by atoms with van der Waals surface area (Å²) in [6.45, 7) is 6.07. The quantitative estimate of drug-likeness (QED) is 0.570. The molecule has 2 aromatic heterocycles. The van der Waals surface area contributed by atoms with Gasteiger partial charge in [0.25, 0.3) is 5.56 Å². The zero-order valence-corrected chi connectivity index (χ0v) is 19.4. The molecule has 0 radical (unpaired) electrons. The summed E-state index contributed by atoms with van der Waals surface area (Å²) < 4.78 is 2.47. The number of aromatic nitrogens is 3. The Morgan fingerprint density at radius 3 is 2.42 bits per heavy atom. The Morgan fingerprint density at radius 2 is 1.77 bits per heavy atom. The van der Waals surface area contributed by atoms with E-state index in [2.05, 4.69) is 17.2 Å². The van der Waals surface area contributed by atoms with Crippen molar-refractivity contribution in [1.29, 1.82) is 0 Å². The Labute approximate surface area is 185 Å². The van der Waals surface area contributed by atoms with Crippen molar-refractivity contribution < 1.29 is 4.79 Å². The first-order valence-electron chi connectivity index (χ1n) is 10.3. The molecule has 1 aromatic carbocycles. The fourth-order valence-electron chi connectivity index (χ4n) is 3.63. The largest absolute Gasteiger partial charge is 0.332 e. The summed E-state index contributed by atoms with van der Waals surface area (Å²) in [5.74, 6) is 0.0000669. The number of hydrogen-bond donors (Lipinski definition) is 1. The number of fused-ring (bicyclic) bond motifs is 1. The average molecular weight is 441 g/mol. The standard InChI is InChI=1S/C23H28N4O3S/c1-6-7-8-16-12-24-21-19(22(29)27(5)23(30)26(21)4)20(16)31-13-18(28)25-17-10-14(2)9-15(3)11-17/h9-12H,6-8,13H2,1-5H3,(H,25,28). The molecule has 7 nitrogen and oxygen atoms in total. The highest BCUT2D eigenvalue weighted by Gasteiger charge is 2.18. The number of pyridine rings is 1. The summed E-state index contributed by atoms with van der Waals surface area (Å²) in [5, 5.41) is 3.33. The maximum atomic E-state index is 13.0. The Balaban J connectivity index is 1.97. The van der Waals surface area contributed by atoms with Crippen LogP contribution >= 0.6 is 11.8 Å². The number of thioether (sulfide) groups is 1. The first kappa shape index (κ1) is 22.8. The molecule has 8 heteroatoms. The van der Waals surface area contributed by atoms with Crippen LogP contribution < -0.4 is 16.6 Å². The summed E-state index contributed by atoms with van der Waals surface area (Å²) in [7, 11) is 3.06. The van der Waals surface area contributed by atoms with Crippen LogP contribution in [0.4, 0.5) is 5.69 Å². The van der Waals surface area contributed by atoms with Gasteiger partial charge in [0.2, 0.25) is 5.91 Å². The number of carbonyl (C=O) groups excluding carboxylic acids is 1. The molecule has 0 saturated heterocycles. The molecule has 31 heavy (non-hydrogen) atoms. The van der Waals surface area contributed by atoms with Crippen LogP contribution in [-0.4, -0.2) is 25.8 Å². The Kier molecular flexibility index (Phi) is 7.00. The summed E-state index contributed by atoms with van der Waals surface area (Å²) >= 11 is 1.32. The number of benzene rings is 1. The van der Waals surface area contributed by atoms with E-state index >= 15 is 0 Å². The van der Waals surface area contributed by atoms with E-state index in [1.54, 1.807) is 13.2 Å². The van der Waals surface area contributed by atoms with Crippen LogP contribution in [0, 0.1) is 13.8 Å². The van der Waals surface area contributed by atoms with E-state index in [1.165, 1.54) is 23.4 Å². The maximum Gasteiger partial charge on any atom is 0.332 e. The van der Waals surface area contributed by atoms with Crippen molar-refractivity contribution >= 4 is 34.4 Å². The van der Waals surface area contributed by atoms with Gasteiger partial charge in [0, 0.05) is 30.9 Å². The van der Waals surface area contributed by atoms with E-state index < -0.39 is 5.69 Å². The molecule has 0 atom stereocenters. The monoisotopic (exact) mass is 440 g/mol. The fraction of sp³-hybridized carbons (Fsp3) is 0.391. The van der Waals surface area contributed by atoms with Gasteiger partial charge < -0.3 is 5.32 Å². The van der Waals surface area contributed by atoms with Crippen molar-refractivity contribution in [1.82, 2.24) is 14.1 Å². The lowest BCUT2D eigenvalue weighted by Crippen LogP contribution is -2.37. The molecule has 0 saturated carbocycles. The predicted octanol–water partition coefficient (Wildman–Crippen LogP) is 3.32. The molecule has 0 spiro atoms. The zero-order chi connectivity index (χ0) is 22.7. The first-order valence-corrected chi connectivity index (χ1v) is 11.3. The topological polar surface area (TPSA) is 86.0 Å². The minimum absolute atomic E-state index is 0.150. The van der Waals surface area contributed by atoms with Gasteiger partial charge in [0.15, 0.2) is 0 Å². The fourth-order valence-corrected chi connectivity index (χ4v) is 4.64. The van der Waals surface area contributed by atoms with E-state index in [4.69, 9.17) is 0 Å². The summed E-state index contributed by atoms with van der Waals surface area (Å²) in [4.78, 5) is 43.1. The molecule has 164 valence electrons. The lowest BCUT2D eigenvalue weighted by molar-refractivity contribution is -0.113. The van der Waals surface area contributed by atoms with Crippen LogP contribution in [0.1, 0.15) is 36.5 Å². The van der Waals surface area contributed by atoms with Crippen molar-refractivity contribution in [3.8, 4) is 0 Å². The number of rotatable bonds is 7. The molecule has 0 bridgehead atoms. The Bertz CT molecular complexity index is 1240. The third kappa shape index (κ3) is 4.90. The van der Waals surface area contributed by atoms with Gasteiger partial charge in [-0.3, -0.25) is 18.7 Å².